The zero-order valence-electron chi connectivity index (χ0n) is 23.8. The summed E-state index contributed by atoms with van der Waals surface area (Å²) in [5.41, 5.74) is -1.56. The van der Waals surface area contributed by atoms with E-state index >= 15 is 22.0 Å². The van der Waals surface area contributed by atoms with E-state index in [0.717, 1.165) is 43.0 Å². The summed E-state index contributed by atoms with van der Waals surface area (Å²) in [5.74, 6) is -11.8. The van der Waals surface area contributed by atoms with Gasteiger partial charge in [0, 0.05) is 17.2 Å². The summed E-state index contributed by atoms with van der Waals surface area (Å²) in [5, 5.41) is -0.226. The molecule has 46 heavy (non-hydrogen) atoms. The average Bonchev–Trinajstić information content (AvgIpc) is 2.98. The van der Waals surface area contributed by atoms with Crippen molar-refractivity contribution in [1.82, 2.24) is 0 Å². The molecule has 0 bridgehead atoms. The monoisotopic (exact) mass is 664 g/mol. The van der Waals surface area contributed by atoms with Crippen LogP contribution in [0.4, 0.5) is 39.5 Å². The zero-order valence-corrected chi connectivity index (χ0v) is 24.6. The van der Waals surface area contributed by atoms with Gasteiger partial charge in [-0.25, -0.2) is 30.7 Å². The summed E-state index contributed by atoms with van der Waals surface area (Å²) in [6.07, 6.45) is -1.79. The minimum Gasteiger partial charge on any atom is -0.429 e. The minimum absolute atomic E-state index is 0.226. The van der Waals surface area contributed by atoms with Gasteiger partial charge in [0.1, 0.15) is 34.6 Å². The molecule has 238 valence electrons. The average molecular weight is 665 g/mol. The Hall–Kier alpha value is -4.44. The van der Waals surface area contributed by atoms with Crippen LogP contribution in [0.3, 0.4) is 0 Å². The molecule has 0 aliphatic rings. The van der Waals surface area contributed by atoms with Crippen LogP contribution >= 0.6 is 11.6 Å². The van der Waals surface area contributed by atoms with Gasteiger partial charge in [0.15, 0.2) is 17.5 Å². The van der Waals surface area contributed by atoms with Crippen molar-refractivity contribution in [2.75, 3.05) is 0 Å². The van der Waals surface area contributed by atoms with Crippen LogP contribution in [0.1, 0.15) is 30.9 Å². The van der Waals surface area contributed by atoms with Crippen LogP contribution in [-0.4, -0.2) is 0 Å². The van der Waals surface area contributed by atoms with Gasteiger partial charge >= 0.3 is 6.11 Å². The van der Waals surface area contributed by atoms with Gasteiger partial charge < -0.3 is 4.74 Å². The van der Waals surface area contributed by atoms with E-state index in [9.17, 15) is 17.6 Å². The predicted molar refractivity (Wildman–Crippen MR) is 157 cm³/mol. The van der Waals surface area contributed by atoms with E-state index in [0.29, 0.717) is 41.5 Å². The first kappa shape index (κ1) is 32.9. The first-order valence-corrected chi connectivity index (χ1v) is 14.3. The van der Waals surface area contributed by atoms with Crippen molar-refractivity contribution in [2.45, 2.75) is 32.3 Å². The molecule has 0 N–H and O–H groups in total. The second kappa shape index (κ2) is 13.1. The van der Waals surface area contributed by atoms with Gasteiger partial charge in [-0.15, -0.1) is 0 Å². The number of unbranched alkanes of at least 4 members (excludes halogenated alkanes) is 1. The lowest BCUT2D eigenvalue weighted by Gasteiger charge is -2.20. The van der Waals surface area contributed by atoms with Gasteiger partial charge in [0.25, 0.3) is 0 Å². The number of hydrogen-bond donors (Lipinski definition) is 0. The molecule has 0 aliphatic heterocycles. The third-order valence-corrected chi connectivity index (χ3v) is 7.55. The Labute approximate surface area is 262 Å². The highest BCUT2D eigenvalue weighted by atomic mass is 35.5. The maximum Gasteiger partial charge on any atom is 0.432 e. The lowest BCUT2D eigenvalue weighted by atomic mass is 9.97. The molecular weight excluding hydrogens is 643 g/mol. The second-order valence-electron chi connectivity index (χ2n) is 10.4. The standard InChI is InChI=1S/C35H22ClF9O/c1-2-3-4-18-5-7-19(8-6-18)20-11-25(36)32(27(38)12-20)22-15-28(39)33(29(40)16-22)35(44,45)46-23-9-10-24(26(37)17-23)21-13-30(41)34(43)31(42)14-21/h5-17H,2-4H2,1H3. The van der Waals surface area contributed by atoms with Crippen LogP contribution in [0.2, 0.25) is 5.02 Å². The highest BCUT2D eigenvalue weighted by Gasteiger charge is 2.41. The maximum atomic E-state index is 15.3. The van der Waals surface area contributed by atoms with Crippen molar-refractivity contribution in [3.05, 3.63) is 136 Å². The molecule has 0 unspecified atom stereocenters. The number of hydrogen-bond acceptors (Lipinski definition) is 1. The van der Waals surface area contributed by atoms with Crippen molar-refractivity contribution >= 4 is 11.6 Å². The molecule has 0 amide bonds. The second-order valence-corrected chi connectivity index (χ2v) is 10.9. The molecule has 0 heterocycles. The maximum absolute atomic E-state index is 15.3. The van der Waals surface area contributed by atoms with E-state index in [1.54, 1.807) is 12.1 Å². The summed E-state index contributed by atoms with van der Waals surface area (Å²) < 4.78 is 135. The lowest BCUT2D eigenvalue weighted by Crippen LogP contribution is -2.25. The molecule has 0 spiro atoms. The first-order valence-electron chi connectivity index (χ1n) is 13.9. The third-order valence-electron chi connectivity index (χ3n) is 7.25. The normalized spacial score (nSPS) is 11.6. The van der Waals surface area contributed by atoms with Gasteiger partial charge in [-0.1, -0.05) is 49.2 Å². The molecular formula is C35H22ClF9O. The number of halogens is 10. The summed E-state index contributed by atoms with van der Waals surface area (Å²) in [7, 11) is 0. The van der Waals surface area contributed by atoms with E-state index in [-0.39, 0.29) is 5.02 Å². The number of rotatable bonds is 9. The third kappa shape index (κ3) is 6.72. The van der Waals surface area contributed by atoms with Crippen molar-refractivity contribution in [3.8, 4) is 39.1 Å². The van der Waals surface area contributed by atoms with Crippen molar-refractivity contribution in [1.29, 1.82) is 0 Å². The smallest absolute Gasteiger partial charge is 0.429 e. The van der Waals surface area contributed by atoms with Crippen molar-refractivity contribution < 1.29 is 44.3 Å². The fourth-order valence-corrected chi connectivity index (χ4v) is 5.28. The van der Waals surface area contributed by atoms with Crippen molar-refractivity contribution in [2.24, 2.45) is 0 Å². The topological polar surface area (TPSA) is 9.23 Å². The van der Waals surface area contributed by atoms with Crippen LogP contribution in [0.5, 0.6) is 5.75 Å². The van der Waals surface area contributed by atoms with Gasteiger partial charge in [0.05, 0.1) is 5.02 Å². The summed E-state index contributed by atoms with van der Waals surface area (Å²) in [6, 6.07) is 13.7. The molecule has 0 saturated heterocycles. The molecule has 0 saturated carbocycles. The SMILES string of the molecule is CCCCc1ccc(-c2cc(F)c(-c3cc(F)c(C(F)(F)Oc4ccc(-c5cc(F)c(F)c(F)c5)c(F)c4)c(F)c3)c(Cl)c2)cc1. The fraction of sp³-hybridized carbons (Fsp3) is 0.143. The number of aryl methyl sites for hydroxylation is 1. The Morgan fingerprint density at radius 2 is 1.20 bits per heavy atom. The largest absolute Gasteiger partial charge is 0.432 e. The molecule has 0 aromatic heterocycles. The highest BCUT2D eigenvalue weighted by molar-refractivity contribution is 6.33. The summed E-state index contributed by atoms with van der Waals surface area (Å²) >= 11 is 6.30. The molecule has 0 aliphatic carbocycles. The Bertz CT molecular complexity index is 1850. The first-order chi connectivity index (χ1) is 21.8. The van der Waals surface area contributed by atoms with Crippen LogP contribution in [0.15, 0.2) is 78.9 Å². The number of benzene rings is 5. The van der Waals surface area contributed by atoms with Crippen molar-refractivity contribution in [3.63, 3.8) is 0 Å². The molecule has 5 aromatic rings. The predicted octanol–water partition coefficient (Wildman–Crippen LogP) is 11.8. The summed E-state index contributed by atoms with van der Waals surface area (Å²) in [6.45, 7) is 2.07. The van der Waals surface area contributed by atoms with E-state index < -0.39 is 80.4 Å². The molecule has 5 aromatic carbocycles. The van der Waals surface area contributed by atoms with Gasteiger partial charge in [0.2, 0.25) is 0 Å². The van der Waals surface area contributed by atoms with Gasteiger partial charge in [-0.2, -0.15) is 8.78 Å². The van der Waals surface area contributed by atoms with Gasteiger partial charge in [-0.05, 0) is 89.2 Å². The fourth-order valence-electron chi connectivity index (χ4n) is 4.96. The van der Waals surface area contributed by atoms with Crippen LogP contribution in [-0.2, 0) is 12.5 Å². The highest BCUT2D eigenvalue weighted by Crippen LogP contribution is 2.41. The van der Waals surface area contributed by atoms with Crippen LogP contribution in [0.25, 0.3) is 33.4 Å². The zero-order chi connectivity index (χ0) is 33.3. The van der Waals surface area contributed by atoms with E-state index in [4.69, 9.17) is 11.6 Å². The van der Waals surface area contributed by atoms with E-state index in [2.05, 4.69) is 11.7 Å². The Kier molecular flexibility index (Phi) is 9.39. The Morgan fingerprint density at radius 1 is 0.609 bits per heavy atom. The molecule has 11 heteroatoms. The Morgan fingerprint density at radius 3 is 1.76 bits per heavy atom. The molecule has 1 nitrogen and oxygen atoms in total. The minimum atomic E-state index is -4.70. The van der Waals surface area contributed by atoms with E-state index in [1.807, 2.05) is 12.1 Å². The van der Waals surface area contributed by atoms with Crippen LogP contribution < -0.4 is 4.74 Å². The Balaban J connectivity index is 1.41. The van der Waals surface area contributed by atoms with E-state index in [1.165, 1.54) is 6.07 Å². The van der Waals surface area contributed by atoms with Gasteiger partial charge in [-0.3, -0.25) is 0 Å². The summed E-state index contributed by atoms with van der Waals surface area (Å²) in [4.78, 5) is 0. The molecule has 0 atom stereocenters. The van der Waals surface area contributed by atoms with Crippen LogP contribution in [0, 0.1) is 40.7 Å². The molecule has 0 fully saturated rings. The molecule has 0 radical (unpaired) electrons. The number of ether oxygens (including phenoxy) is 1. The molecule has 5 rings (SSSR count). The lowest BCUT2D eigenvalue weighted by molar-refractivity contribution is -0.189. The number of alkyl halides is 2. The quantitative estimate of drug-likeness (QED) is 0.113.